The molecule has 0 radical (unpaired) electrons. The fourth-order valence-corrected chi connectivity index (χ4v) is 1.25. The van der Waals surface area contributed by atoms with Crippen LogP contribution in [0.25, 0.3) is 0 Å². The number of carbonyl (C=O) groups excluding carboxylic acids is 2. The summed E-state index contributed by atoms with van der Waals surface area (Å²) >= 11 is 0. The molecule has 1 amide bonds. The number of halogens is 1. The van der Waals surface area contributed by atoms with E-state index in [0.717, 1.165) is 6.07 Å². The molecule has 1 rings (SSSR count). The van der Waals surface area contributed by atoms with Crippen LogP contribution in [0.2, 0.25) is 0 Å². The van der Waals surface area contributed by atoms with Crippen molar-refractivity contribution >= 4 is 17.9 Å². The average Bonchev–Trinajstić information content (AvgIpc) is 2.21. The Kier molecular flexibility index (Phi) is 3.44. The summed E-state index contributed by atoms with van der Waals surface area (Å²) in [5, 5.41) is 11.6. The van der Waals surface area contributed by atoms with Crippen LogP contribution in [0.4, 0.5) is 10.1 Å². The highest BCUT2D eigenvalue weighted by Crippen LogP contribution is 2.36. The van der Waals surface area contributed by atoms with Crippen LogP contribution in [0, 0.1) is 5.82 Å². The Balaban J connectivity index is 3.43. The molecule has 16 heavy (non-hydrogen) atoms. The summed E-state index contributed by atoms with van der Waals surface area (Å²) in [6.07, 6.45) is 0.364. The number of carbonyl (C=O) groups is 2. The van der Waals surface area contributed by atoms with Crippen molar-refractivity contribution in [1.82, 2.24) is 0 Å². The van der Waals surface area contributed by atoms with E-state index in [1.807, 2.05) is 0 Å². The van der Waals surface area contributed by atoms with Crippen LogP contribution in [0.1, 0.15) is 17.3 Å². The Labute approximate surface area is 90.8 Å². The molecular formula is C10H10FNO4. The fraction of sp³-hybridized carbons (Fsp3) is 0.200. The van der Waals surface area contributed by atoms with Crippen molar-refractivity contribution in [2.24, 2.45) is 0 Å². The first kappa shape index (κ1) is 12.0. The third kappa shape index (κ3) is 2.10. The number of phenolic OH excluding ortho intramolecular Hbond substituents is 1. The van der Waals surface area contributed by atoms with Gasteiger partial charge in [-0.1, -0.05) is 0 Å². The maximum atomic E-state index is 13.2. The highest BCUT2D eigenvalue weighted by Gasteiger charge is 2.18. The van der Waals surface area contributed by atoms with Gasteiger partial charge in [0.25, 0.3) is 0 Å². The lowest BCUT2D eigenvalue weighted by molar-refractivity contribution is -0.114. The van der Waals surface area contributed by atoms with Gasteiger partial charge in [-0.05, 0) is 0 Å². The monoisotopic (exact) mass is 227 g/mol. The first-order valence-electron chi connectivity index (χ1n) is 4.33. The van der Waals surface area contributed by atoms with Gasteiger partial charge in [0, 0.05) is 13.0 Å². The molecular weight excluding hydrogens is 217 g/mol. The van der Waals surface area contributed by atoms with E-state index in [4.69, 9.17) is 4.74 Å². The molecule has 0 saturated carbocycles. The van der Waals surface area contributed by atoms with Gasteiger partial charge in [-0.25, -0.2) is 4.39 Å². The maximum absolute atomic E-state index is 13.2. The van der Waals surface area contributed by atoms with Gasteiger partial charge in [0.15, 0.2) is 23.6 Å². The van der Waals surface area contributed by atoms with Crippen LogP contribution in [-0.4, -0.2) is 24.4 Å². The minimum Gasteiger partial charge on any atom is -0.502 e. The van der Waals surface area contributed by atoms with E-state index in [0.29, 0.717) is 6.29 Å². The molecule has 0 spiro atoms. The van der Waals surface area contributed by atoms with Crippen molar-refractivity contribution in [1.29, 1.82) is 0 Å². The van der Waals surface area contributed by atoms with Crippen LogP contribution < -0.4 is 10.1 Å². The quantitative estimate of drug-likeness (QED) is 0.603. The second kappa shape index (κ2) is 4.61. The van der Waals surface area contributed by atoms with Crippen molar-refractivity contribution < 1.29 is 23.8 Å². The Bertz CT molecular complexity index is 445. The average molecular weight is 227 g/mol. The molecule has 6 heteroatoms. The molecule has 0 aliphatic heterocycles. The predicted octanol–water partition coefficient (Wildman–Crippen LogP) is 1.31. The summed E-state index contributed by atoms with van der Waals surface area (Å²) in [4.78, 5) is 21.6. The summed E-state index contributed by atoms with van der Waals surface area (Å²) in [6, 6.07) is 0.850. The van der Waals surface area contributed by atoms with Crippen LogP contribution in [0.5, 0.6) is 11.5 Å². The number of nitrogens with one attached hydrogen (secondary N) is 1. The van der Waals surface area contributed by atoms with Gasteiger partial charge >= 0.3 is 0 Å². The molecule has 0 heterocycles. The Morgan fingerprint density at radius 3 is 2.69 bits per heavy atom. The van der Waals surface area contributed by atoms with Gasteiger partial charge in [-0.15, -0.1) is 0 Å². The largest absolute Gasteiger partial charge is 0.502 e. The number of benzene rings is 1. The zero-order chi connectivity index (χ0) is 12.3. The number of hydrogen-bond acceptors (Lipinski definition) is 4. The highest BCUT2D eigenvalue weighted by molar-refractivity contribution is 5.97. The van der Waals surface area contributed by atoms with E-state index in [2.05, 4.69) is 5.32 Å². The van der Waals surface area contributed by atoms with Gasteiger partial charge in [-0.2, -0.15) is 0 Å². The third-order valence-corrected chi connectivity index (χ3v) is 1.88. The Morgan fingerprint density at radius 2 is 2.25 bits per heavy atom. The van der Waals surface area contributed by atoms with Crippen molar-refractivity contribution in [3.63, 3.8) is 0 Å². The number of ether oxygens (including phenoxy) is 1. The van der Waals surface area contributed by atoms with Crippen LogP contribution >= 0.6 is 0 Å². The number of anilines is 1. The van der Waals surface area contributed by atoms with E-state index in [1.165, 1.54) is 14.0 Å². The molecule has 0 aromatic heterocycles. The van der Waals surface area contributed by atoms with Gasteiger partial charge in [0.2, 0.25) is 5.91 Å². The molecule has 1 aromatic rings. The minimum atomic E-state index is -0.980. The summed E-state index contributed by atoms with van der Waals surface area (Å²) in [6.45, 7) is 1.21. The molecule has 1 aromatic carbocycles. The zero-order valence-corrected chi connectivity index (χ0v) is 8.70. The highest BCUT2D eigenvalue weighted by atomic mass is 19.1. The molecule has 5 nitrogen and oxygen atoms in total. The standard InChI is InChI=1S/C10H10FNO4/c1-5(14)12-8-3-7(11)9(15)10(16-2)6(8)4-13/h3-4,15H,1-2H3,(H,12,14). The lowest BCUT2D eigenvalue weighted by Crippen LogP contribution is -2.09. The fourth-order valence-electron chi connectivity index (χ4n) is 1.25. The molecule has 0 aliphatic rings. The molecule has 2 N–H and O–H groups in total. The lowest BCUT2D eigenvalue weighted by atomic mass is 10.1. The number of aromatic hydroxyl groups is 1. The Morgan fingerprint density at radius 1 is 1.62 bits per heavy atom. The van der Waals surface area contributed by atoms with Crippen LogP contribution in [0.3, 0.4) is 0 Å². The topological polar surface area (TPSA) is 75.6 Å². The summed E-state index contributed by atoms with van der Waals surface area (Å²) in [5.74, 6) is -2.51. The second-order valence-electron chi connectivity index (χ2n) is 3.00. The predicted molar refractivity (Wildman–Crippen MR) is 54.3 cm³/mol. The molecule has 0 fully saturated rings. The first-order chi connectivity index (χ1) is 7.51. The molecule has 0 bridgehead atoms. The van der Waals surface area contributed by atoms with Gasteiger partial charge in [0.1, 0.15) is 0 Å². The second-order valence-corrected chi connectivity index (χ2v) is 3.00. The van der Waals surface area contributed by atoms with Crippen LogP contribution in [-0.2, 0) is 4.79 Å². The molecule has 86 valence electrons. The van der Waals surface area contributed by atoms with Crippen molar-refractivity contribution in [2.45, 2.75) is 6.92 Å². The van der Waals surface area contributed by atoms with Crippen molar-refractivity contribution in [3.8, 4) is 11.5 Å². The number of hydrogen-bond donors (Lipinski definition) is 2. The SMILES string of the molecule is COc1c(O)c(F)cc(NC(C)=O)c1C=O. The molecule has 0 atom stereocenters. The lowest BCUT2D eigenvalue weighted by Gasteiger charge is -2.12. The third-order valence-electron chi connectivity index (χ3n) is 1.88. The van der Waals surface area contributed by atoms with Gasteiger partial charge < -0.3 is 15.2 Å². The number of methoxy groups -OCH3 is 1. The molecule has 0 aliphatic carbocycles. The normalized spacial score (nSPS) is 9.69. The van der Waals surface area contributed by atoms with E-state index < -0.39 is 17.5 Å². The van der Waals surface area contributed by atoms with Gasteiger partial charge in [0.05, 0.1) is 18.4 Å². The number of amides is 1. The number of rotatable bonds is 3. The smallest absolute Gasteiger partial charge is 0.221 e. The summed E-state index contributed by atoms with van der Waals surface area (Å²) in [7, 11) is 1.18. The van der Waals surface area contributed by atoms with E-state index in [9.17, 15) is 19.1 Å². The maximum Gasteiger partial charge on any atom is 0.221 e. The van der Waals surface area contributed by atoms with Crippen molar-refractivity contribution in [2.75, 3.05) is 12.4 Å². The number of phenols is 1. The summed E-state index contributed by atoms with van der Waals surface area (Å²) < 4.78 is 17.9. The van der Waals surface area contributed by atoms with Gasteiger partial charge in [-0.3, -0.25) is 9.59 Å². The first-order valence-corrected chi connectivity index (χ1v) is 4.33. The van der Waals surface area contributed by atoms with E-state index in [-0.39, 0.29) is 17.0 Å². The Hall–Kier alpha value is -2.11. The van der Waals surface area contributed by atoms with E-state index in [1.54, 1.807) is 0 Å². The zero-order valence-electron chi connectivity index (χ0n) is 8.70. The van der Waals surface area contributed by atoms with E-state index >= 15 is 0 Å². The number of aldehydes is 1. The minimum absolute atomic E-state index is 0.0466. The van der Waals surface area contributed by atoms with Crippen molar-refractivity contribution in [3.05, 3.63) is 17.4 Å². The molecule has 0 saturated heterocycles. The summed E-state index contributed by atoms with van der Waals surface area (Å²) in [5.41, 5.74) is -0.161. The van der Waals surface area contributed by atoms with Crippen LogP contribution in [0.15, 0.2) is 6.07 Å². The molecule has 0 unspecified atom stereocenters.